The van der Waals surface area contributed by atoms with E-state index in [1.54, 1.807) is 23.7 Å². The van der Waals surface area contributed by atoms with Crippen LogP contribution in [0.5, 0.6) is 0 Å². The molecular weight excluding hydrogens is 362 g/mol. The molecule has 0 saturated carbocycles. The molecule has 3 rings (SSSR count). The number of pyridine rings is 1. The molecule has 0 spiro atoms. The van der Waals surface area contributed by atoms with Crippen LogP contribution in [0.2, 0.25) is 0 Å². The molecule has 0 fully saturated rings. The highest BCUT2D eigenvalue weighted by Gasteiger charge is 2.10. The van der Waals surface area contributed by atoms with Crippen LogP contribution in [-0.2, 0) is 6.54 Å². The van der Waals surface area contributed by atoms with Gasteiger partial charge in [0.15, 0.2) is 0 Å². The normalized spacial score (nSPS) is 10.8. The van der Waals surface area contributed by atoms with Crippen LogP contribution in [0.25, 0.3) is 10.7 Å². The number of nitrogens with zero attached hydrogens (tertiary/aromatic N) is 5. The number of carbonyl (C=O) groups excluding carboxylic acids is 1. The molecule has 27 heavy (non-hydrogen) atoms. The van der Waals surface area contributed by atoms with Crippen LogP contribution in [0.15, 0.2) is 42.2 Å². The van der Waals surface area contributed by atoms with Gasteiger partial charge < -0.3 is 0 Å². The Balaban J connectivity index is 1.60. The Hall–Kier alpha value is -2.91. The van der Waals surface area contributed by atoms with Crippen molar-refractivity contribution in [3.8, 4) is 10.7 Å². The molecule has 3 aromatic heterocycles. The average Bonchev–Trinajstić information content (AvgIpc) is 3.15. The maximum Gasteiger partial charge on any atom is 0.326 e. The first kappa shape index (κ1) is 18.9. The largest absolute Gasteiger partial charge is 0.326 e. The molecule has 0 bridgehead atoms. The first-order valence-electron chi connectivity index (χ1n) is 8.66. The number of urea groups is 1. The summed E-state index contributed by atoms with van der Waals surface area (Å²) in [4.78, 5) is 31.4. The minimum Gasteiger partial charge on any atom is -0.298 e. The first-order chi connectivity index (χ1) is 13.2. The topological polar surface area (TPSA) is 95.9 Å². The Labute approximate surface area is 161 Å². The number of aromatic nitrogens is 4. The van der Waals surface area contributed by atoms with Gasteiger partial charge in [-0.3, -0.25) is 15.5 Å². The number of anilines is 2. The van der Waals surface area contributed by atoms with Gasteiger partial charge >= 0.3 is 6.03 Å². The second kappa shape index (κ2) is 9.15. The summed E-state index contributed by atoms with van der Waals surface area (Å²) < 4.78 is 0. The van der Waals surface area contributed by atoms with Crippen molar-refractivity contribution in [2.75, 3.05) is 23.7 Å². The van der Waals surface area contributed by atoms with Crippen LogP contribution < -0.4 is 10.6 Å². The van der Waals surface area contributed by atoms with Crippen LogP contribution in [0.1, 0.15) is 19.5 Å². The van der Waals surface area contributed by atoms with Gasteiger partial charge in [0.1, 0.15) is 28.7 Å². The van der Waals surface area contributed by atoms with Gasteiger partial charge in [0.25, 0.3) is 0 Å². The summed E-state index contributed by atoms with van der Waals surface area (Å²) in [7, 11) is 0. The predicted octanol–water partition coefficient (Wildman–Crippen LogP) is 3.48. The van der Waals surface area contributed by atoms with Crippen LogP contribution in [-0.4, -0.2) is 44.0 Å². The summed E-state index contributed by atoms with van der Waals surface area (Å²) in [6.07, 6.45) is 3.12. The van der Waals surface area contributed by atoms with Crippen LogP contribution in [0, 0.1) is 0 Å². The predicted molar refractivity (Wildman–Crippen MR) is 107 cm³/mol. The molecule has 0 saturated heterocycles. The van der Waals surface area contributed by atoms with Gasteiger partial charge in [-0.15, -0.1) is 11.3 Å². The van der Waals surface area contributed by atoms with E-state index in [4.69, 9.17) is 0 Å². The summed E-state index contributed by atoms with van der Waals surface area (Å²) in [5.74, 6) is 0.966. The Morgan fingerprint density at radius 2 is 1.93 bits per heavy atom. The Morgan fingerprint density at radius 3 is 2.67 bits per heavy atom. The zero-order valence-electron chi connectivity index (χ0n) is 15.2. The molecule has 0 aliphatic carbocycles. The lowest BCUT2D eigenvalue weighted by atomic mass is 10.3. The summed E-state index contributed by atoms with van der Waals surface area (Å²) in [6, 6.07) is 6.99. The number of rotatable bonds is 7. The molecule has 0 radical (unpaired) electrons. The Morgan fingerprint density at radius 1 is 1.11 bits per heavy atom. The van der Waals surface area contributed by atoms with E-state index in [1.165, 1.54) is 17.7 Å². The number of hydrogen-bond acceptors (Lipinski definition) is 7. The molecule has 3 aromatic rings. The number of amides is 2. The molecule has 140 valence electrons. The van der Waals surface area contributed by atoms with Crippen molar-refractivity contribution in [1.29, 1.82) is 0 Å². The highest BCUT2D eigenvalue weighted by molar-refractivity contribution is 7.13. The molecule has 0 aliphatic rings. The van der Waals surface area contributed by atoms with Crippen molar-refractivity contribution >= 4 is 29.0 Å². The molecule has 3 heterocycles. The smallest absolute Gasteiger partial charge is 0.298 e. The zero-order valence-corrected chi connectivity index (χ0v) is 16.0. The van der Waals surface area contributed by atoms with E-state index in [0.29, 0.717) is 22.3 Å². The average molecular weight is 383 g/mol. The van der Waals surface area contributed by atoms with Crippen molar-refractivity contribution in [3.05, 3.63) is 47.9 Å². The molecule has 8 nitrogen and oxygen atoms in total. The van der Waals surface area contributed by atoms with E-state index in [0.717, 1.165) is 25.3 Å². The maximum atomic E-state index is 12.2. The van der Waals surface area contributed by atoms with Crippen molar-refractivity contribution in [3.63, 3.8) is 0 Å². The zero-order chi connectivity index (χ0) is 19.1. The molecule has 0 aromatic carbocycles. The second-order valence-corrected chi connectivity index (χ2v) is 6.55. The van der Waals surface area contributed by atoms with Gasteiger partial charge in [0.05, 0.1) is 5.69 Å². The van der Waals surface area contributed by atoms with E-state index >= 15 is 0 Å². The summed E-state index contributed by atoms with van der Waals surface area (Å²) in [6.45, 7) is 6.88. The third-order valence-electron chi connectivity index (χ3n) is 3.88. The highest BCUT2D eigenvalue weighted by Crippen LogP contribution is 2.23. The summed E-state index contributed by atoms with van der Waals surface area (Å²) in [5, 5.41) is 7.95. The van der Waals surface area contributed by atoms with E-state index in [1.807, 2.05) is 12.1 Å². The molecule has 0 aliphatic heterocycles. The quantitative estimate of drug-likeness (QED) is 0.648. The molecule has 9 heteroatoms. The molecule has 2 N–H and O–H groups in total. The van der Waals surface area contributed by atoms with Gasteiger partial charge in [-0.2, -0.15) is 0 Å². The van der Waals surface area contributed by atoms with Crippen LogP contribution in [0.4, 0.5) is 16.4 Å². The number of hydrogen-bond donors (Lipinski definition) is 2. The summed E-state index contributed by atoms with van der Waals surface area (Å²) >= 11 is 1.40. The molecule has 0 atom stereocenters. The second-order valence-electron chi connectivity index (χ2n) is 5.69. The Kier molecular flexibility index (Phi) is 6.39. The van der Waals surface area contributed by atoms with Gasteiger partial charge in [-0.05, 0) is 31.3 Å². The first-order valence-corrected chi connectivity index (χ1v) is 9.54. The number of nitrogens with one attached hydrogen (secondary N) is 2. The minimum absolute atomic E-state index is 0.387. The standard InChI is InChI=1S/C18H21N7OS/c1-3-25(4-2)10-13-6-5-7-15(21-13)23-18(26)24-16-11-27-17(22-16)14-8-9-19-12-20-14/h5-9,11-12H,3-4,10H2,1-2H3,(H2,21,23,24,26). The van der Waals surface area contributed by atoms with Crippen molar-refractivity contribution in [2.45, 2.75) is 20.4 Å². The fourth-order valence-electron chi connectivity index (χ4n) is 2.44. The van der Waals surface area contributed by atoms with Crippen LogP contribution >= 0.6 is 11.3 Å². The van der Waals surface area contributed by atoms with Crippen molar-refractivity contribution in [2.24, 2.45) is 0 Å². The molecule has 0 unspecified atom stereocenters. The Bertz CT molecular complexity index is 880. The highest BCUT2D eigenvalue weighted by atomic mass is 32.1. The van der Waals surface area contributed by atoms with Gasteiger partial charge in [0, 0.05) is 18.1 Å². The fourth-order valence-corrected chi connectivity index (χ4v) is 3.17. The van der Waals surface area contributed by atoms with E-state index in [-0.39, 0.29) is 6.03 Å². The van der Waals surface area contributed by atoms with E-state index in [9.17, 15) is 4.79 Å². The van der Waals surface area contributed by atoms with Gasteiger partial charge in [0.2, 0.25) is 0 Å². The fraction of sp³-hybridized carbons (Fsp3) is 0.278. The maximum absolute atomic E-state index is 12.2. The lowest BCUT2D eigenvalue weighted by molar-refractivity contribution is 0.262. The number of carbonyl (C=O) groups is 1. The monoisotopic (exact) mass is 383 g/mol. The lowest BCUT2D eigenvalue weighted by Gasteiger charge is -2.17. The molecular formula is C18H21N7OS. The van der Waals surface area contributed by atoms with E-state index in [2.05, 4.69) is 49.3 Å². The molecule has 2 amide bonds. The van der Waals surface area contributed by atoms with Gasteiger partial charge in [-0.25, -0.2) is 24.7 Å². The third-order valence-corrected chi connectivity index (χ3v) is 4.74. The summed E-state index contributed by atoms with van der Waals surface area (Å²) in [5.41, 5.74) is 1.63. The lowest BCUT2D eigenvalue weighted by Crippen LogP contribution is -2.23. The minimum atomic E-state index is -0.387. The SMILES string of the molecule is CCN(CC)Cc1cccc(NC(=O)Nc2csc(-c3ccncn3)n2)n1. The van der Waals surface area contributed by atoms with Gasteiger partial charge in [-0.1, -0.05) is 19.9 Å². The van der Waals surface area contributed by atoms with Crippen molar-refractivity contribution in [1.82, 2.24) is 24.8 Å². The number of thiazole rings is 1. The van der Waals surface area contributed by atoms with E-state index < -0.39 is 0 Å². The van der Waals surface area contributed by atoms with Crippen molar-refractivity contribution < 1.29 is 4.79 Å². The third kappa shape index (κ3) is 5.28. The van der Waals surface area contributed by atoms with Crippen LogP contribution in [0.3, 0.4) is 0 Å².